The average Bonchev–Trinajstić information content (AvgIpc) is 2.81. The number of fused-ring (bicyclic) bond motifs is 1. The van der Waals surface area contributed by atoms with E-state index in [1.807, 2.05) is 6.07 Å². The van der Waals surface area contributed by atoms with Crippen molar-refractivity contribution in [1.29, 1.82) is 0 Å². The summed E-state index contributed by atoms with van der Waals surface area (Å²) in [5.74, 6) is 0.532. The topological polar surface area (TPSA) is 12.0 Å². The molecule has 2 aromatic carbocycles. The summed E-state index contributed by atoms with van der Waals surface area (Å²) in [5, 5.41) is 4.56. The Hall–Kier alpha value is -1.47. The largest absolute Gasteiger partial charge is 0.378 e. The van der Waals surface area contributed by atoms with Gasteiger partial charge in [-0.1, -0.05) is 49.7 Å². The molecule has 3 rings (SSSR count). The lowest BCUT2D eigenvalue weighted by molar-refractivity contribution is 0.755. The summed E-state index contributed by atoms with van der Waals surface area (Å²) in [6.07, 6.45) is 2.25. The number of hydrogen-bond acceptors (Lipinski definition) is 1. The van der Waals surface area contributed by atoms with E-state index in [4.69, 9.17) is 11.6 Å². The molecule has 0 saturated carbocycles. The molecule has 1 N–H and O–H groups in total. The summed E-state index contributed by atoms with van der Waals surface area (Å²) in [6.45, 7) is 4.48. The molecule has 0 aliphatic heterocycles. The lowest BCUT2D eigenvalue weighted by Gasteiger charge is -2.20. The first kappa shape index (κ1) is 13.5. The maximum absolute atomic E-state index is 6.08. The fraction of sp³-hybridized carbons (Fsp3) is 0.333. The molecule has 1 nitrogen and oxygen atoms in total. The van der Waals surface area contributed by atoms with Crippen molar-refractivity contribution in [2.45, 2.75) is 38.6 Å². The Labute approximate surface area is 126 Å². The third-order valence-corrected chi connectivity index (χ3v) is 4.33. The molecule has 1 aliphatic rings. The summed E-state index contributed by atoms with van der Waals surface area (Å²) in [4.78, 5) is 0. The van der Waals surface area contributed by atoms with E-state index >= 15 is 0 Å². The van der Waals surface area contributed by atoms with Crippen LogP contribution in [-0.4, -0.2) is 0 Å². The lowest BCUT2D eigenvalue weighted by Crippen LogP contribution is -2.09. The van der Waals surface area contributed by atoms with Gasteiger partial charge in [0.05, 0.1) is 6.04 Å². The molecular weight excluding hydrogens is 266 g/mol. The first-order chi connectivity index (χ1) is 9.65. The van der Waals surface area contributed by atoms with Gasteiger partial charge >= 0.3 is 0 Å². The van der Waals surface area contributed by atoms with Crippen LogP contribution in [0.4, 0.5) is 5.69 Å². The zero-order valence-corrected chi connectivity index (χ0v) is 12.7. The molecule has 1 unspecified atom stereocenters. The van der Waals surface area contributed by atoms with Gasteiger partial charge in [0, 0.05) is 10.7 Å². The van der Waals surface area contributed by atoms with E-state index in [1.54, 1.807) is 0 Å². The van der Waals surface area contributed by atoms with Crippen LogP contribution in [0, 0.1) is 0 Å². The number of nitrogens with one attached hydrogen (secondary N) is 1. The predicted octanol–water partition coefficient (Wildman–Crippen LogP) is 5.56. The van der Waals surface area contributed by atoms with Crippen LogP contribution < -0.4 is 5.32 Å². The number of hydrogen-bond donors (Lipinski definition) is 1. The van der Waals surface area contributed by atoms with Crippen LogP contribution in [0.2, 0.25) is 5.02 Å². The Morgan fingerprint density at radius 2 is 1.95 bits per heavy atom. The van der Waals surface area contributed by atoms with Crippen LogP contribution in [0.15, 0.2) is 42.5 Å². The molecular formula is C18H20ClN. The molecule has 20 heavy (non-hydrogen) atoms. The number of halogens is 1. The Balaban J connectivity index is 1.88. The first-order valence-corrected chi connectivity index (χ1v) is 7.66. The zero-order valence-electron chi connectivity index (χ0n) is 12.0. The van der Waals surface area contributed by atoms with Crippen molar-refractivity contribution in [1.82, 2.24) is 0 Å². The van der Waals surface area contributed by atoms with Gasteiger partial charge in [-0.05, 0) is 53.6 Å². The van der Waals surface area contributed by atoms with Crippen LogP contribution in [0.5, 0.6) is 0 Å². The summed E-state index contributed by atoms with van der Waals surface area (Å²) in [6, 6.07) is 15.3. The Bertz CT molecular complexity index is 619. The summed E-state index contributed by atoms with van der Waals surface area (Å²) >= 11 is 6.08. The number of aryl methyl sites for hydroxylation is 1. The average molecular weight is 286 g/mol. The molecule has 0 amide bonds. The Morgan fingerprint density at radius 3 is 2.75 bits per heavy atom. The van der Waals surface area contributed by atoms with Gasteiger partial charge in [0.1, 0.15) is 0 Å². The van der Waals surface area contributed by atoms with Crippen molar-refractivity contribution in [3.63, 3.8) is 0 Å². The maximum Gasteiger partial charge on any atom is 0.0519 e. The van der Waals surface area contributed by atoms with Gasteiger partial charge in [-0.2, -0.15) is 0 Å². The van der Waals surface area contributed by atoms with E-state index in [-0.39, 0.29) is 0 Å². The van der Waals surface area contributed by atoms with Crippen molar-refractivity contribution in [3.05, 3.63) is 64.2 Å². The minimum absolute atomic E-state index is 0.405. The number of rotatable bonds is 3. The summed E-state index contributed by atoms with van der Waals surface area (Å²) in [7, 11) is 0. The molecule has 2 heteroatoms. The summed E-state index contributed by atoms with van der Waals surface area (Å²) in [5.41, 5.74) is 5.43. The minimum atomic E-state index is 0.405. The van der Waals surface area contributed by atoms with Crippen molar-refractivity contribution in [3.8, 4) is 0 Å². The zero-order chi connectivity index (χ0) is 14.1. The van der Waals surface area contributed by atoms with Crippen molar-refractivity contribution in [2.75, 3.05) is 5.32 Å². The van der Waals surface area contributed by atoms with E-state index in [1.165, 1.54) is 22.4 Å². The van der Waals surface area contributed by atoms with Crippen LogP contribution in [0.25, 0.3) is 0 Å². The molecule has 1 atom stereocenters. The monoisotopic (exact) mass is 285 g/mol. The minimum Gasteiger partial charge on any atom is -0.378 e. The van der Waals surface area contributed by atoms with E-state index in [9.17, 15) is 0 Å². The van der Waals surface area contributed by atoms with Crippen molar-refractivity contribution < 1.29 is 0 Å². The lowest BCUT2D eigenvalue weighted by atomic mass is 10.00. The third kappa shape index (κ3) is 2.55. The van der Waals surface area contributed by atoms with Gasteiger partial charge < -0.3 is 5.32 Å². The molecule has 1 aliphatic carbocycles. The normalized spacial score (nSPS) is 17.3. The highest BCUT2D eigenvalue weighted by Crippen LogP contribution is 2.36. The highest BCUT2D eigenvalue weighted by molar-refractivity contribution is 6.30. The highest BCUT2D eigenvalue weighted by Gasteiger charge is 2.23. The Morgan fingerprint density at radius 1 is 1.15 bits per heavy atom. The van der Waals surface area contributed by atoms with E-state index < -0.39 is 0 Å². The van der Waals surface area contributed by atoms with Gasteiger partial charge in [-0.3, -0.25) is 0 Å². The maximum atomic E-state index is 6.08. The molecule has 0 spiro atoms. The van der Waals surface area contributed by atoms with Crippen molar-refractivity contribution >= 4 is 17.3 Å². The van der Waals surface area contributed by atoms with Gasteiger partial charge in [0.15, 0.2) is 0 Å². The SMILES string of the molecule is CC(C)c1ccccc1NC1CCc2cc(Cl)ccc21. The second kappa shape index (κ2) is 5.49. The number of para-hydroxylation sites is 1. The van der Waals surface area contributed by atoms with Gasteiger partial charge in [-0.15, -0.1) is 0 Å². The standard InChI is InChI=1S/C18H20ClN/c1-12(2)15-5-3-4-6-17(15)20-18-10-7-13-11-14(19)8-9-16(13)18/h3-6,8-9,11-12,18,20H,7,10H2,1-2H3. The van der Waals surface area contributed by atoms with Crippen LogP contribution in [-0.2, 0) is 6.42 Å². The smallest absolute Gasteiger partial charge is 0.0519 e. The van der Waals surface area contributed by atoms with Crippen molar-refractivity contribution in [2.24, 2.45) is 0 Å². The molecule has 0 saturated heterocycles. The second-order valence-electron chi connectivity index (χ2n) is 5.82. The number of benzene rings is 2. The molecule has 0 heterocycles. The van der Waals surface area contributed by atoms with Gasteiger partial charge in [0.2, 0.25) is 0 Å². The van der Waals surface area contributed by atoms with Crippen LogP contribution in [0.3, 0.4) is 0 Å². The van der Waals surface area contributed by atoms with Crippen LogP contribution in [0.1, 0.15) is 48.9 Å². The van der Waals surface area contributed by atoms with Crippen LogP contribution >= 0.6 is 11.6 Å². The molecule has 0 bridgehead atoms. The fourth-order valence-electron chi connectivity index (χ4n) is 3.06. The highest BCUT2D eigenvalue weighted by atomic mass is 35.5. The second-order valence-corrected chi connectivity index (χ2v) is 6.26. The molecule has 0 radical (unpaired) electrons. The molecule has 0 aromatic heterocycles. The van der Waals surface area contributed by atoms with E-state index in [0.29, 0.717) is 12.0 Å². The summed E-state index contributed by atoms with van der Waals surface area (Å²) < 4.78 is 0. The third-order valence-electron chi connectivity index (χ3n) is 4.10. The number of anilines is 1. The molecule has 104 valence electrons. The van der Waals surface area contributed by atoms with E-state index in [2.05, 4.69) is 55.6 Å². The molecule has 2 aromatic rings. The predicted molar refractivity (Wildman–Crippen MR) is 86.7 cm³/mol. The van der Waals surface area contributed by atoms with E-state index in [0.717, 1.165) is 17.9 Å². The quantitative estimate of drug-likeness (QED) is 0.778. The van der Waals surface area contributed by atoms with Gasteiger partial charge in [-0.25, -0.2) is 0 Å². The Kier molecular flexibility index (Phi) is 3.71. The van der Waals surface area contributed by atoms with Gasteiger partial charge in [0.25, 0.3) is 0 Å². The fourth-order valence-corrected chi connectivity index (χ4v) is 3.25. The first-order valence-electron chi connectivity index (χ1n) is 7.29. The molecule has 0 fully saturated rings.